The predicted octanol–water partition coefficient (Wildman–Crippen LogP) is -0.532. The highest BCUT2D eigenvalue weighted by atomic mass is 16.7. The van der Waals surface area contributed by atoms with Crippen LogP contribution in [0.1, 0.15) is 70.3 Å². The van der Waals surface area contributed by atoms with Crippen molar-refractivity contribution in [2.45, 2.75) is 125 Å². The fraction of sp³-hybridized carbons (Fsp3) is 0.862. The maximum Gasteiger partial charge on any atom is 0.281 e. The van der Waals surface area contributed by atoms with E-state index in [1.54, 1.807) is 0 Å². The molecule has 2 heterocycles. The summed E-state index contributed by atoms with van der Waals surface area (Å²) in [7, 11) is 0. The minimum absolute atomic E-state index is 0.0349. The second-order valence-corrected chi connectivity index (χ2v) is 13.7. The molecule has 1 saturated heterocycles. The van der Waals surface area contributed by atoms with Gasteiger partial charge in [0, 0.05) is 30.2 Å². The van der Waals surface area contributed by atoms with Crippen LogP contribution in [0.25, 0.3) is 0 Å². The third kappa shape index (κ3) is 3.96. The Kier molecular flexibility index (Phi) is 7.14. The highest BCUT2D eigenvalue weighted by Gasteiger charge is 2.75. The Morgan fingerprint density at radius 2 is 1.73 bits per heavy atom. The molecule has 0 radical (unpaired) electrons. The van der Waals surface area contributed by atoms with Crippen LogP contribution in [0.3, 0.4) is 0 Å². The molecule has 0 aromatic carbocycles. The van der Waals surface area contributed by atoms with Crippen LogP contribution < -0.4 is 0 Å². The number of rotatable bonds is 4. The number of furan rings is 1. The van der Waals surface area contributed by atoms with Gasteiger partial charge in [0.1, 0.15) is 18.3 Å². The van der Waals surface area contributed by atoms with E-state index in [1.165, 1.54) is 19.3 Å². The van der Waals surface area contributed by atoms with Crippen LogP contribution >= 0.6 is 0 Å². The molecule has 5 aliphatic rings. The zero-order chi connectivity index (χ0) is 29.7. The summed E-state index contributed by atoms with van der Waals surface area (Å²) in [5, 5.41) is 99.4. The Morgan fingerprint density at radius 3 is 2.39 bits per heavy atom. The molecule has 6 rings (SSSR count). The first-order valence-electron chi connectivity index (χ1n) is 14.8. The van der Waals surface area contributed by atoms with E-state index >= 15 is 0 Å². The van der Waals surface area contributed by atoms with Crippen molar-refractivity contribution in [1.29, 1.82) is 0 Å². The van der Waals surface area contributed by atoms with Crippen LogP contribution in [0.4, 0.5) is 0 Å². The molecule has 0 spiro atoms. The van der Waals surface area contributed by atoms with Gasteiger partial charge in [-0.15, -0.1) is 0 Å². The average molecular weight is 585 g/mol. The molecule has 4 aliphatic carbocycles. The van der Waals surface area contributed by atoms with E-state index in [2.05, 4.69) is 0 Å². The van der Waals surface area contributed by atoms with E-state index in [9.17, 15) is 46.0 Å². The van der Waals surface area contributed by atoms with Crippen molar-refractivity contribution >= 4 is 0 Å². The van der Waals surface area contributed by atoms with Crippen molar-refractivity contribution in [2.75, 3.05) is 6.61 Å². The summed E-state index contributed by atoms with van der Waals surface area (Å²) >= 11 is 0. The molecule has 0 amide bonds. The van der Waals surface area contributed by atoms with Crippen molar-refractivity contribution < 1.29 is 59.8 Å². The lowest BCUT2D eigenvalue weighted by atomic mass is 9.40. The van der Waals surface area contributed by atoms with Crippen molar-refractivity contribution in [2.24, 2.45) is 22.7 Å². The van der Waals surface area contributed by atoms with Crippen molar-refractivity contribution in [3.8, 4) is 5.95 Å². The first kappa shape index (κ1) is 29.7. The minimum atomic E-state index is -1.67. The van der Waals surface area contributed by atoms with E-state index in [4.69, 9.17) is 13.9 Å². The Hall–Kier alpha value is -1.32. The molecule has 41 heavy (non-hydrogen) atoms. The number of aromatic hydroxyl groups is 1. The van der Waals surface area contributed by atoms with Crippen molar-refractivity contribution in [3.63, 3.8) is 0 Å². The largest absolute Gasteiger partial charge is 0.481 e. The van der Waals surface area contributed by atoms with Crippen LogP contribution in [-0.2, 0) is 9.47 Å². The summed E-state index contributed by atoms with van der Waals surface area (Å²) in [6.07, 6.45) is -6.67. The minimum Gasteiger partial charge on any atom is -0.481 e. The normalized spacial score (nSPS) is 55.2. The number of fused-ring (bicyclic) bond motifs is 5. The molecule has 12 heteroatoms. The Morgan fingerprint density at radius 1 is 1.00 bits per heavy atom. The van der Waals surface area contributed by atoms with E-state index in [0.717, 1.165) is 5.56 Å². The highest BCUT2D eigenvalue weighted by Crippen LogP contribution is 2.71. The Labute approximate surface area is 238 Å². The van der Waals surface area contributed by atoms with Crippen LogP contribution in [0.2, 0.25) is 0 Å². The summed E-state index contributed by atoms with van der Waals surface area (Å²) in [6.45, 7) is 2.85. The zero-order valence-corrected chi connectivity index (χ0v) is 23.4. The summed E-state index contributed by atoms with van der Waals surface area (Å²) in [5.74, 6) is -1.75. The maximum atomic E-state index is 12.4. The lowest BCUT2D eigenvalue weighted by molar-refractivity contribution is -0.342. The zero-order valence-electron chi connectivity index (χ0n) is 23.4. The smallest absolute Gasteiger partial charge is 0.281 e. The molecule has 0 unspecified atom stereocenters. The lowest BCUT2D eigenvalue weighted by Gasteiger charge is -2.68. The highest BCUT2D eigenvalue weighted by molar-refractivity contribution is 5.31. The molecule has 5 fully saturated rings. The predicted molar refractivity (Wildman–Crippen MR) is 139 cm³/mol. The van der Waals surface area contributed by atoms with Crippen LogP contribution in [-0.4, -0.2) is 113 Å². The Bertz CT molecular complexity index is 1130. The number of aliphatic hydroxyl groups is 8. The van der Waals surface area contributed by atoms with Crippen LogP contribution in [0.5, 0.6) is 5.95 Å². The molecule has 12 nitrogen and oxygen atoms in total. The Balaban J connectivity index is 1.29. The molecular formula is C29H44O12. The topological polar surface area (TPSA) is 214 Å². The summed E-state index contributed by atoms with van der Waals surface area (Å²) in [6, 6.07) is 1.54. The van der Waals surface area contributed by atoms with E-state index < -0.39 is 89.5 Å². The molecule has 4 saturated carbocycles. The fourth-order valence-corrected chi connectivity index (χ4v) is 9.96. The third-order valence-corrected chi connectivity index (χ3v) is 12.0. The van der Waals surface area contributed by atoms with Gasteiger partial charge in [0.2, 0.25) is 0 Å². The van der Waals surface area contributed by atoms with Gasteiger partial charge in [-0.3, -0.25) is 0 Å². The summed E-state index contributed by atoms with van der Waals surface area (Å²) in [5.41, 5.74) is -4.52. The molecule has 0 bridgehead atoms. The summed E-state index contributed by atoms with van der Waals surface area (Å²) in [4.78, 5) is 0. The van der Waals surface area contributed by atoms with Gasteiger partial charge in [-0.2, -0.15) is 0 Å². The van der Waals surface area contributed by atoms with Crippen LogP contribution in [0.15, 0.2) is 16.7 Å². The number of hydrogen-bond acceptors (Lipinski definition) is 12. The van der Waals surface area contributed by atoms with E-state index in [1.807, 2.05) is 6.92 Å². The standard InChI is InChI=1S/C29H44O12/c1-13-22(34)23(35)24(36)25(40-13)41-15-8-19(32)28(12-30)21-17(3-5-27(28,37)9-15)29(38)6-4-16(14-7-20(33)39-11-14)26(29,2)10-18(21)31/h7,11,13,15-19,21-25,30-38H,3-6,8-10,12H2,1-2H3/t13-,15-,16+,17+,18+,19+,21+,22-,23+,24+,25-,26+,27-,28+,29-/m0/s1. The quantitative estimate of drug-likeness (QED) is 0.204. The molecular weight excluding hydrogens is 540 g/mol. The van der Waals surface area contributed by atoms with Gasteiger partial charge in [0.05, 0.1) is 53.9 Å². The second kappa shape index (κ2) is 9.85. The van der Waals surface area contributed by atoms with Crippen molar-refractivity contribution in [1.82, 2.24) is 0 Å². The number of ether oxygens (including phenoxy) is 2. The molecule has 1 aromatic heterocycles. The van der Waals surface area contributed by atoms with Gasteiger partial charge < -0.3 is 59.8 Å². The van der Waals surface area contributed by atoms with Gasteiger partial charge in [0.15, 0.2) is 6.29 Å². The van der Waals surface area contributed by atoms with Crippen molar-refractivity contribution in [3.05, 3.63) is 17.9 Å². The monoisotopic (exact) mass is 584 g/mol. The molecule has 232 valence electrons. The lowest BCUT2D eigenvalue weighted by Crippen LogP contribution is -2.75. The van der Waals surface area contributed by atoms with Gasteiger partial charge in [-0.05, 0) is 56.4 Å². The van der Waals surface area contributed by atoms with Gasteiger partial charge in [0.25, 0.3) is 5.95 Å². The molecule has 1 aliphatic heterocycles. The van der Waals surface area contributed by atoms with Gasteiger partial charge >= 0.3 is 0 Å². The van der Waals surface area contributed by atoms with Gasteiger partial charge in [-0.25, -0.2) is 0 Å². The second-order valence-electron chi connectivity index (χ2n) is 13.7. The number of aliphatic hydroxyl groups excluding tert-OH is 6. The van der Waals surface area contributed by atoms with E-state index in [0.29, 0.717) is 19.3 Å². The fourth-order valence-electron chi connectivity index (χ4n) is 9.96. The molecule has 1 aromatic rings. The SMILES string of the molecule is C[C@@H]1O[C@@H](O[C@H]2C[C@@H](O)[C@]3(CO)[C@H]4[C@H](O)C[C@]5(C)[C@@H](c6coc(O)c6)CC[C@]5(O)[C@@H]4CC[C@]3(O)C2)[C@H](O)[C@H](O)[C@H]1O. The van der Waals surface area contributed by atoms with Gasteiger partial charge in [-0.1, -0.05) is 6.92 Å². The first-order chi connectivity index (χ1) is 19.2. The summed E-state index contributed by atoms with van der Waals surface area (Å²) < 4.78 is 16.7. The first-order valence-corrected chi connectivity index (χ1v) is 14.8. The average Bonchev–Trinajstić information content (AvgIpc) is 3.45. The maximum absolute atomic E-state index is 12.4. The number of hydrogen-bond donors (Lipinski definition) is 9. The molecule has 9 N–H and O–H groups in total. The van der Waals surface area contributed by atoms with E-state index in [-0.39, 0.29) is 37.5 Å². The molecule has 15 atom stereocenters. The third-order valence-electron chi connectivity index (χ3n) is 12.0. The van der Waals surface area contributed by atoms with Crippen LogP contribution in [0, 0.1) is 22.7 Å².